The van der Waals surface area contributed by atoms with E-state index in [-0.39, 0.29) is 5.91 Å². The Balaban J connectivity index is 1.88. The lowest BCUT2D eigenvalue weighted by Crippen LogP contribution is -2.41. The van der Waals surface area contributed by atoms with Crippen LogP contribution in [-0.4, -0.2) is 54.2 Å². The Kier molecular flexibility index (Phi) is 5.58. The smallest absolute Gasteiger partial charge is 0.272 e. The number of aryl methyl sites for hydroxylation is 2. The van der Waals surface area contributed by atoms with Gasteiger partial charge in [0.1, 0.15) is 23.1 Å². The summed E-state index contributed by atoms with van der Waals surface area (Å²) in [6.45, 7) is 5.88. The zero-order valence-electron chi connectivity index (χ0n) is 15.0. The number of carbonyl (C=O) groups excluding carboxylic acids is 1. The van der Waals surface area contributed by atoms with E-state index in [0.717, 1.165) is 11.3 Å². The van der Waals surface area contributed by atoms with Crippen LogP contribution in [0.4, 0.5) is 11.5 Å². The quantitative estimate of drug-likeness (QED) is 0.884. The molecule has 1 aromatic heterocycles. The molecular formula is C18H21ClN4O3. The lowest BCUT2D eigenvalue weighted by Gasteiger charge is -2.26. The molecule has 1 saturated heterocycles. The van der Waals surface area contributed by atoms with Crippen molar-refractivity contribution in [1.82, 2.24) is 14.9 Å². The number of carbonyl (C=O) groups is 1. The van der Waals surface area contributed by atoms with Gasteiger partial charge in [0.25, 0.3) is 5.91 Å². The maximum Gasteiger partial charge on any atom is 0.272 e. The maximum atomic E-state index is 12.7. The largest absolute Gasteiger partial charge is 0.495 e. The number of benzene rings is 1. The summed E-state index contributed by atoms with van der Waals surface area (Å²) in [4.78, 5) is 23.1. The summed E-state index contributed by atoms with van der Waals surface area (Å²) >= 11 is 6.15. The van der Waals surface area contributed by atoms with Crippen LogP contribution in [0.3, 0.4) is 0 Å². The van der Waals surface area contributed by atoms with Crippen LogP contribution in [-0.2, 0) is 4.74 Å². The normalized spacial score (nSPS) is 14.2. The Morgan fingerprint density at radius 3 is 2.65 bits per heavy atom. The van der Waals surface area contributed by atoms with Crippen LogP contribution in [0.15, 0.2) is 18.2 Å². The van der Waals surface area contributed by atoms with Gasteiger partial charge in [0, 0.05) is 30.2 Å². The molecule has 1 N–H and O–H groups in total. The predicted octanol–water partition coefficient (Wildman–Crippen LogP) is 2.97. The molecule has 138 valence electrons. The first-order chi connectivity index (χ1) is 12.5. The minimum atomic E-state index is -0.124. The van der Waals surface area contributed by atoms with Crippen molar-refractivity contribution in [2.75, 3.05) is 38.7 Å². The van der Waals surface area contributed by atoms with Crippen molar-refractivity contribution in [3.8, 4) is 5.75 Å². The average molecular weight is 377 g/mol. The van der Waals surface area contributed by atoms with E-state index in [1.165, 1.54) is 0 Å². The third-order valence-corrected chi connectivity index (χ3v) is 4.51. The van der Waals surface area contributed by atoms with Crippen LogP contribution < -0.4 is 10.1 Å². The molecule has 8 heteroatoms. The van der Waals surface area contributed by atoms with Gasteiger partial charge >= 0.3 is 0 Å². The number of amides is 1. The molecule has 1 amide bonds. The van der Waals surface area contributed by atoms with Crippen molar-refractivity contribution in [2.45, 2.75) is 13.8 Å². The molecule has 1 fully saturated rings. The number of anilines is 2. The van der Waals surface area contributed by atoms with Crippen molar-refractivity contribution < 1.29 is 14.3 Å². The minimum absolute atomic E-state index is 0.124. The molecule has 2 heterocycles. The van der Waals surface area contributed by atoms with Gasteiger partial charge in [-0.15, -0.1) is 0 Å². The van der Waals surface area contributed by atoms with Gasteiger partial charge in [-0.3, -0.25) is 4.79 Å². The van der Waals surface area contributed by atoms with Crippen LogP contribution in [0.25, 0.3) is 0 Å². The van der Waals surface area contributed by atoms with Crippen molar-refractivity contribution in [3.05, 3.63) is 40.3 Å². The number of nitrogens with zero attached hydrogens (tertiary/aromatic N) is 3. The molecule has 0 saturated carbocycles. The summed E-state index contributed by atoms with van der Waals surface area (Å²) in [5.74, 6) is 1.50. The van der Waals surface area contributed by atoms with Gasteiger partial charge < -0.3 is 19.7 Å². The zero-order valence-corrected chi connectivity index (χ0v) is 15.8. The summed E-state index contributed by atoms with van der Waals surface area (Å²) in [6, 6.07) is 5.27. The molecule has 0 atom stereocenters. The lowest BCUT2D eigenvalue weighted by molar-refractivity contribution is 0.0299. The summed E-state index contributed by atoms with van der Waals surface area (Å²) in [6.07, 6.45) is 0. The predicted molar refractivity (Wildman–Crippen MR) is 99.5 cm³/mol. The molecule has 1 aliphatic rings. The Labute approximate surface area is 157 Å². The first-order valence-electron chi connectivity index (χ1n) is 8.32. The highest BCUT2D eigenvalue weighted by molar-refractivity contribution is 6.31. The topological polar surface area (TPSA) is 76.6 Å². The fourth-order valence-electron chi connectivity index (χ4n) is 2.74. The van der Waals surface area contributed by atoms with Crippen molar-refractivity contribution in [1.29, 1.82) is 0 Å². The summed E-state index contributed by atoms with van der Waals surface area (Å²) < 4.78 is 10.7. The van der Waals surface area contributed by atoms with Gasteiger partial charge in [0.05, 0.1) is 26.0 Å². The number of rotatable bonds is 4. The molecule has 1 aliphatic heterocycles. The maximum absolute atomic E-state index is 12.7. The van der Waals surface area contributed by atoms with E-state index >= 15 is 0 Å². The molecular weight excluding hydrogens is 356 g/mol. The first-order valence-corrected chi connectivity index (χ1v) is 8.69. The second kappa shape index (κ2) is 7.88. The number of ether oxygens (including phenoxy) is 2. The number of halogens is 1. The fraction of sp³-hybridized carbons (Fsp3) is 0.389. The van der Waals surface area contributed by atoms with Crippen LogP contribution in [0.1, 0.15) is 21.9 Å². The van der Waals surface area contributed by atoms with Gasteiger partial charge in [0.2, 0.25) is 0 Å². The van der Waals surface area contributed by atoms with E-state index < -0.39 is 0 Å². The fourth-order valence-corrected chi connectivity index (χ4v) is 2.89. The number of nitrogens with one attached hydrogen (secondary N) is 1. The van der Waals surface area contributed by atoms with E-state index in [0.29, 0.717) is 54.4 Å². The number of hydrogen-bond donors (Lipinski definition) is 1. The monoisotopic (exact) mass is 376 g/mol. The number of aromatic nitrogens is 2. The van der Waals surface area contributed by atoms with Crippen LogP contribution in [0.2, 0.25) is 5.02 Å². The highest BCUT2D eigenvalue weighted by atomic mass is 35.5. The van der Waals surface area contributed by atoms with Crippen LogP contribution in [0, 0.1) is 13.8 Å². The molecule has 0 bridgehead atoms. The lowest BCUT2D eigenvalue weighted by atomic mass is 10.2. The third-order valence-electron chi connectivity index (χ3n) is 4.10. The second-order valence-corrected chi connectivity index (χ2v) is 6.42. The number of hydrogen-bond acceptors (Lipinski definition) is 6. The SMILES string of the molecule is COc1cc(Cl)c(C)cc1Nc1cc(C(=O)N2CCOCC2)nc(C)n1. The van der Waals surface area contributed by atoms with Gasteiger partial charge in [-0.1, -0.05) is 11.6 Å². The van der Waals surface area contributed by atoms with Gasteiger partial charge in [0.15, 0.2) is 0 Å². The van der Waals surface area contributed by atoms with E-state index in [2.05, 4.69) is 15.3 Å². The Morgan fingerprint density at radius 2 is 1.96 bits per heavy atom. The summed E-state index contributed by atoms with van der Waals surface area (Å²) in [5, 5.41) is 3.82. The van der Waals surface area contributed by atoms with E-state index in [1.54, 1.807) is 31.1 Å². The Hall–Kier alpha value is -2.38. The van der Waals surface area contributed by atoms with E-state index in [9.17, 15) is 4.79 Å². The molecule has 1 aromatic carbocycles. The second-order valence-electron chi connectivity index (χ2n) is 6.02. The average Bonchev–Trinajstić information content (AvgIpc) is 2.64. The Morgan fingerprint density at radius 1 is 1.23 bits per heavy atom. The van der Waals surface area contributed by atoms with Crippen molar-refractivity contribution >= 4 is 29.0 Å². The summed E-state index contributed by atoms with van der Waals surface area (Å²) in [5.41, 5.74) is 1.98. The Bertz CT molecular complexity index is 822. The molecule has 0 unspecified atom stereocenters. The van der Waals surface area contributed by atoms with E-state index in [1.807, 2.05) is 13.0 Å². The van der Waals surface area contributed by atoms with Crippen LogP contribution in [0.5, 0.6) is 5.75 Å². The summed E-state index contributed by atoms with van der Waals surface area (Å²) in [7, 11) is 1.57. The highest BCUT2D eigenvalue weighted by Crippen LogP contribution is 2.32. The molecule has 7 nitrogen and oxygen atoms in total. The van der Waals surface area contributed by atoms with Gasteiger partial charge in [-0.25, -0.2) is 9.97 Å². The molecule has 0 aliphatic carbocycles. The molecule has 0 spiro atoms. The van der Waals surface area contributed by atoms with Gasteiger partial charge in [-0.05, 0) is 25.5 Å². The molecule has 0 radical (unpaired) electrons. The first kappa shape index (κ1) is 18.4. The third kappa shape index (κ3) is 4.05. The van der Waals surface area contributed by atoms with Crippen molar-refractivity contribution in [2.24, 2.45) is 0 Å². The zero-order chi connectivity index (χ0) is 18.7. The molecule has 26 heavy (non-hydrogen) atoms. The standard InChI is InChI=1S/C18H21ClN4O3/c1-11-8-14(16(25-3)9-13(11)19)22-17-10-15(20-12(2)21-17)18(24)23-4-6-26-7-5-23/h8-10H,4-7H2,1-3H3,(H,20,21,22). The number of morpholine rings is 1. The molecule has 2 aromatic rings. The van der Waals surface area contributed by atoms with Crippen LogP contribution >= 0.6 is 11.6 Å². The highest BCUT2D eigenvalue weighted by Gasteiger charge is 2.21. The number of methoxy groups -OCH3 is 1. The van der Waals surface area contributed by atoms with Gasteiger partial charge in [-0.2, -0.15) is 0 Å². The minimum Gasteiger partial charge on any atom is -0.495 e. The van der Waals surface area contributed by atoms with Crippen molar-refractivity contribution in [3.63, 3.8) is 0 Å². The molecule has 3 rings (SSSR count). The van der Waals surface area contributed by atoms with E-state index in [4.69, 9.17) is 21.1 Å².